The first kappa shape index (κ1) is 8.85. The van der Waals surface area contributed by atoms with Crippen LogP contribution in [0.2, 0.25) is 0 Å². The first-order chi connectivity index (χ1) is 6.36. The second kappa shape index (κ2) is 3.99. The monoisotopic (exact) mass is 181 g/mol. The Kier molecular flexibility index (Phi) is 2.71. The lowest BCUT2D eigenvalue weighted by Crippen LogP contribution is -2.42. The fraction of sp³-hybridized carbons (Fsp3) is 0.900. The summed E-state index contributed by atoms with van der Waals surface area (Å²) in [6, 6.07) is 0.590. The van der Waals surface area contributed by atoms with E-state index in [0.717, 1.165) is 25.0 Å². The van der Waals surface area contributed by atoms with Gasteiger partial charge in [0.25, 0.3) is 0 Å². The van der Waals surface area contributed by atoms with Crippen LogP contribution in [0.15, 0.2) is 4.99 Å². The molecule has 0 spiro atoms. The minimum absolute atomic E-state index is 0.590. The van der Waals surface area contributed by atoms with Crippen LogP contribution in [0.1, 0.15) is 32.6 Å². The maximum absolute atomic E-state index is 4.34. The third-order valence-corrected chi connectivity index (χ3v) is 3.15. The van der Waals surface area contributed by atoms with Gasteiger partial charge in [0.1, 0.15) is 0 Å². The smallest absolute Gasteiger partial charge is 0.191 e. The van der Waals surface area contributed by atoms with Crippen LogP contribution in [0.5, 0.6) is 0 Å². The second-order valence-corrected chi connectivity index (χ2v) is 4.13. The molecule has 3 heteroatoms. The van der Waals surface area contributed by atoms with Crippen LogP contribution in [0.3, 0.4) is 0 Å². The van der Waals surface area contributed by atoms with E-state index in [4.69, 9.17) is 0 Å². The molecule has 0 bridgehead atoms. The van der Waals surface area contributed by atoms with Crippen LogP contribution in [0, 0.1) is 5.92 Å². The van der Waals surface area contributed by atoms with Gasteiger partial charge in [0.2, 0.25) is 0 Å². The molecule has 13 heavy (non-hydrogen) atoms. The van der Waals surface area contributed by atoms with Crippen molar-refractivity contribution in [2.45, 2.75) is 38.6 Å². The van der Waals surface area contributed by atoms with Crippen molar-refractivity contribution in [3.63, 3.8) is 0 Å². The highest BCUT2D eigenvalue weighted by molar-refractivity contribution is 5.81. The first-order valence-corrected chi connectivity index (χ1v) is 5.41. The zero-order valence-corrected chi connectivity index (χ0v) is 8.34. The van der Waals surface area contributed by atoms with Gasteiger partial charge in [0, 0.05) is 12.6 Å². The van der Waals surface area contributed by atoms with Gasteiger partial charge in [-0.15, -0.1) is 0 Å². The summed E-state index contributed by atoms with van der Waals surface area (Å²) in [7, 11) is 0. The molecular formula is C10H19N3. The Labute approximate surface area is 80.0 Å². The van der Waals surface area contributed by atoms with Crippen molar-refractivity contribution >= 4 is 5.96 Å². The highest BCUT2D eigenvalue weighted by atomic mass is 15.2. The van der Waals surface area contributed by atoms with Gasteiger partial charge in [-0.25, -0.2) is 0 Å². The summed E-state index contributed by atoms with van der Waals surface area (Å²) < 4.78 is 0. The predicted molar refractivity (Wildman–Crippen MR) is 54.9 cm³/mol. The van der Waals surface area contributed by atoms with E-state index in [1.807, 2.05) is 0 Å². The van der Waals surface area contributed by atoms with Crippen molar-refractivity contribution in [1.82, 2.24) is 10.6 Å². The van der Waals surface area contributed by atoms with Gasteiger partial charge in [0.05, 0.1) is 6.54 Å². The van der Waals surface area contributed by atoms with Crippen molar-refractivity contribution in [2.75, 3.05) is 13.1 Å². The lowest BCUT2D eigenvalue weighted by atomic mass is 10.0. The van der Waals surface area contributed by atoms with Crippen molar-refractivity contribution in [3.8, 4) is 0 Å². The SMILES string of the molecule is CC(NC1=NCCN1)C1CCCC1. The first-order valence-electron chi connectivity index (χ1n) is 5.41. The molecule has 0 aromatic carbocycles. The molecular weight excluding hydrogens is 162 g/mol. The molecule has 2 aliphatic rings. The molecule has 1 aliphatic heterocycles. The highest BCUT2D eigenvalue weighted by Gasteiger charge is 2.22. The molecule has 0 radical (unpaired) electrons. The molecule has 3 nitrogen and oxygen atoms in total. The summed E-state index contributed by atoms with van der Waals surface area (Å²) in [4.78, 5) is 4.34. The summed E-state index contributed by atoms with van der Waals surface area (Å²) in [5, 5.41) is 6.71. The fourth-order valence-corrected chi connectivity index (χ4v) is 2.29. The normalized spacial score (nSPS) is 25.5. The Morgan fingerprint density at radius 3 is 2.85 bits per heavy atom. The molecule has 0 aromatic heterocycles. The molecule has 74 valence electrons. The lowest BCUT2D eigenvalue weighted by molar-refractivity contribution is 0.424. The van der Waals surface area contributed by atoms with E-state index >= 15 is 0 Å². The molecule has 1 atom stereocenters. The van der Waals surface area contributed by atoms with Crippen LogP contribution in [-0.4, -0.2) is 25.1 Å². The largest absolute Gasteiger partial charge is 0.355 e. The minimum Gasteiger partial charge on any atom is -0.355 e. The standard InChI is InChI=1S/C10H19N3/c1-8(9-4-2-3-5-9)13-10-11-6-7-12-10/h8-9H,2-7H2,1H3,(H2,11,12,13). The summed E-state index contributed by atoms with van der Waals surface area (Å²) in [6.45, 7) is 4.21. The number of hydrogen-bond donors (Lipinski definition) is 2. The van der Waals surface area contributed by atoms with Gasteiger partial charge in [-0.1, -0.05) is 12.8 Å². The molecule has 0 aromatic rings. The summed E-state index contributed by atoms with van der Waals surface area (Å²) in [5.41, 5.74) is 0. The van der Waals surface area contributed by atoms with E-state index in [0.29, 0.717) is 6.04 Å². The van der Waals surface area contributed by atoms with Crippen molar-refractivity contribution in [3.05, 3.63) is 0 Å². The third kappa shape index (κ3) is 2.14. The predicted octanol–water partition coefficient (Wildman–Crippen LogP) is 1.11. The van der Waals surface area contributed by atoms with E-state index in [-0.39, 0.29) is 0 Å². The lowest BCUT2D eigenvalue weighted by Gasteiger charge is -2.21. The van der Waals surface area contributed by atoms with Crippen LogP contribution in [0.4, 0.5) is 0 Å². The topological polar surface area (TPSA) is 36.4 Å². The molecule has 2 N–H and O–H groups in total. The van der Waals surface area contributed by atoms with Crippen molar-refractivity contribution in [2.24, 2.45) is 10.9 Å². The third-order valence-electron chi connectivity index (χ3n) is 3.15. The molecule has 0 amide bonds. The van der Waals surface area contributed by atoms with E-state index in [1.54, 1.807) is 0 Å². The average Bonchev–Trinajstić information content (AvgIpc) is 2.74. The summed E-state index contributed by atoms with van der Waals surface area (Å²) in [5.74, 6) is 1.88. The van der Waals surface area contributed by atoms with Gasteiger partial charge in [-0.2, -0.15) is 0 Å². The van der Waals surface area contributed by atoms with Crippen LogP contribution >= 0.6 is 0 Å². The zero-order valence-electron chi connectivity index (χ0n) is 8.34. The number of hydrogen-bond acceptors (Lipinski definition) is 3. The van der Waals surface area contributed by atoms with Crippen LogP contribution in [0.25, 0.3) is 0 Å². The maximum atomic E-state index is 4.34. The Balaban J connectivity index is 1.79. The molecule has 1 saturated carbocycles. The van der Waals surface area contributed by atoms with Crippen LogP contribution in [-0.2, 0) is 0 Å². The Bertz CT molecular complexity index is 194. The maximum Gasteiger partial charge on any atom is 0.191 e. The number of rotatable bonds is 2. The molecule has 1 aliphatic carbocycles. The number of nitrogens with zero attached hydrogens (tertiary/aromatic N) is 1. The van der Waals surface area contributed by atoms with Gasteiger partial charge < -0.3 is 10.6 Å². The second-order valence-electron chi connectivity index (χ2n) is 4.13. The van der Waals surface area contributed by atoms with E-state index in [1.165, 1.54) is 25.7 Å². The number of aliphatic imine (C=N–C) groups is 1. The molecule has 0 saturated heterocycles. The Morgan fingerprint density at radius 1 is 1.46 bits per heavy atom. The molecule has 1 heterocycles. The zero-order chi connectivity index (χ0) is 9.10. The Hall–Kier alpha value is -0.730. The van der Waals surface area contributed by atoms with E-state index < -0.39 is 0 Å². The van der Waals surface area contributed by atoms with Gasteiger partial charge in [-0.3, -0.25) is 4.99 Å². The van der Waals surface area contributed by atoms with E-state index in [2.05, 4.69) is 22.5 Å². The van der Waals surface area contributed by atoms with Gasteiger partial charge in [-0.05, 0) is 25.7 Å². The molecule has 1 unspecified atom stereocenters. The van der Waals surface area contributed by atoms with Crippen LogP contribution < -0.4 is 10.6 Å². The van der Waals surface area contributed by atoms with E-state index in [9.17, 15) is 0 Å². The van der Waals surface area contributed by atoms with Gasteiger partial charge in [0.15, 0.2) is 5.96 Å². The highest BCUT2D eigenvalue weighted by Crippen LogP contribution is 2.27. The number of guanidine groups is 1. The molecule has 2 rings (SSSR count). The van der Waals surface area contributed by atoms with Crippen molar-refractivity contribution in [1.29, 1.82) is 0 Å². The van der Waals surface area contributed by atoms with Gasteiger partial charge >= 0.3 is 0 Å². The summed E-state index contributed by atoms with van der Waals surface area (Å²) >= 11 is 0. The minimum atomic E-state index is 0.590. The quantitative estimate of drug-likeness (QED) is 0.669. The molecule has 1 fully saturated rings. The fourth-order valence-electron chi connectivity index (χ4n) is 2.29. The van der Waals surface area contributed by atoms with Crippen molar-refractivity contribution < 1.29 is 0 Å². The Morgan fingerprint density at radius 2 is 2.23 bits per heavy atom. The average molecular weight is 181 g/mol. The number of nitrogens with one attached hydrogen (secondary N) is 2. The summed E-state index contributed by atoms with van der Waals surface area (Å²) in [6.07, 6.45) is 5.61.